The second-order valence-electron chi connectivity index (χ2n) is 3.04. The van der Waals surface area contributed by atoms with Gasteiger partial charge < -0.3 is 14.3 Å². The number of fused-ring (bicyclic) bond motifs is 1. The average molecular weight is 242 g/mol. The molecule has 0 bridgehead atoms. The molecule has 0 saturated heterocycles. The van der Waals surface area contributed by atoms with Gasteiger partial charge in [0.1, 0.15) is 5.58 Å². The molecule has 0 aliphatic heterocycles. The van der Waals surface area contributed by atoms with E-state index in [0.717, 1.165) is 0 Å². The molecular weight excluding hydrogens is 230 g/mol. The van der Waals surface area contributed by atoms with Gasteiger partial charge in [0.25, 0.3) is 5.90 Å². The first-order chi connectivity index (χ1) is 7.24. The number of para-hydroxylation sites is 1. The van der Waals surface area contributed by atoms with E-state index in [1.807, 2.05) is 0 Å². The van der Waals surface area contributed by atoms with E-state index in [-0.39, 0.29) is 29.8 Å². The zero-order valence-corrected chi connectivity index (χ0v) is 9.50. The van der Waals surface area contributed by atoms with Gasteiger partial charge in [0.05, 0.1) is 12.0 Å². The van der Waals surface area contributed by atoms with Crippen molar-refractivity contribution in [1.82, 2.24) is 0 Å². The number of halogens is 1. The Kier molecular flexibility index (Phi) is 3.79. The number of furan rings is 1. The Morgan fingerprint density at radius 3 is 2.75 bits per heavy atom. The summed E-state index contributed by atoms with van der Waals surface area (Å²) in [5.74, 6) is -0.103. The zero-order valence-electron chi connectivity index (χ0n) is 8.69. The molecule has 5 heteroatoms. The number of hydrogen-bond acceptors (Lipinski definition) is 4. The highest BCUT2D eigenvalue weighted by atomic mass is 35.5. The summed E-state index contributed by atoms with van der Waals surface area (Å²) in [5.41, 5.74) is 0.550. The van der Waals surface area contributed by atoms with Crippen molar-refractivity contribution >= 4 is 29.3 Å². The lowest BCUT2D eigenvalue weighted by Crippen LogP contribution is -2.03. The van der Waals surface area contributed by atoms with Crippen molar-refractivity contribution in [1.29, 1.82) is 5.41 Å². The van der Waals surface area contributed by atoms with Gasteiger partial charge in [-0.15, -0.1) is 12.4 Å². The Hall–Kier alpha value is -1.68. The highest BCUT2D eigenvalue weighted by Gasteiger charge is 2.17. The topological polar surface area (TPSA) is 66.5 Å². The van der Waals surface area contributed by atoms with Crippen LogP contribution in [0.15, 0.2) is 28.7 Å². The van der Waals surface area contributed by atoms with Crippen LogP contribution in [0, 0.1) is 5.41 Å². The lowest BCUT2D eigenvalue weighted by Gasteiger charge is -2.00. The van der Waals surface area contributed by atoms with Gasteiger partial charge in [-0.3, -0.25) is 5.41 Å². The third-order valence-corrected chi connectivity index (χ3v) is 2.06. The Morgan fingerprint density at radius 1 is 1.44 bits per heavy atom. The van der Waals surface area contributed by atoms with Crippen LogP contribution in [0.2, 0.25) is 0 Å². The summed E-state index contributed by atoms with van der Waals surface area (Å²) in [4.78, 5) is 0. The molecule has 0 unspecified atom stereocenters. The summed E-state index contributed by atoms with van der Waals surface area (Å²) in [5, 5.41) is 17.9. The highest BCUT2D eigenvalue weighted by molar-refractivity contribution is 5.99. The average Bonchev–Trinajstić information content (AvgIpc) is 2.57. The van der Waals surface area contributed by atoms with Crippen LogP contribution in [0.3, 0.4) is 0 Å². The molecule has 2 aromatic rings. The second-order valence-corrected chi connectivity index (χ2v) is 3.04. The lowest BCUT2D eigenvalue weighted by molar-refractivity contribution is 0.314. The first-order valence-electron chi connectivity index (χ1n) is 4.66. The highest BCUT2D eigenvalue weighted by Crippen LogP contribution is 2.31. The molecule has 1 heterocycles. The van der Waals surface area contributed by atoms with Gasteiger partial charge in [0.15, 0.2) is 5.75 Å². The molecule has 0 radical (unpaired) electrons. The van der Waals surface area contributed by atoms with Crippen molar-refractivity contribution < 1.29 is 14.3 Å². The Balaban J connectivity index is 0.00000128. The number of hydrogen-bond donors (Lipinski definition) is 2. The fourth-order valence-electron chi connectivity index (χ4n) is 1.40. The van der Waals surface area contributed by atoms with Crippen molar-refractivity contribution in [2.75, 3.05) is 6.61 Å². The lowest BCUT2D eigenvalue weighted by atomic mass is 10.2. The van der Waals surface area contributed by atoms with Gasteiger partial charge in [-0.1, -0.05) is 12.1 Å². The van der Waals surface area contributed by atoms with Gasteiger partial charge in [-0.25, -0.2) is 0 Å². The maximum atomic E-state index is 9.77. The summed E-state index contributed by atoms with van der Waals surface area (Å²) in [6, 6.07) is 7.07. The van der Waals surface area contributed by atoms with E-state index >= 15 is 0 Å². The van der Waals surface area contributed by atoms with Crippen LogP contribution >= 0.6 is 12.4 Å². The third kappa shape index (κ3) is 1.97. The second kappa shape index (κ2) is 4.90. The van der Waals surface area contributed by atoms with Gasteiger partial charge in [-0.2, -0.15) is 0 Å². The molecule has 86 valence electrons. The maximum Gasteiger partial charge on any atom is 0.254 e. The minimum Gasteiger partial charge on any atom is -0.504 e. The molecule has 16 heavy (non-hydrogen) atoms. The van der Waals surface area contributed by atoms with E-state index in [4.69, 9.17) is 14.6 Å². The largest absolute Gasteiger partial charge is 0.504 e. The van der Waals surface area contributed by atoms with Crippen molar-refractivity contribution in [3.8, 4) is 5.75 Å². The molecule has 0 aliphatic rings. The van der Waals surface area contributed by atoms with Crippen molar-refractivity contribution in [2.45, 2.75) is 6.92 Å². The fourth-order valence-corrected chi connectivity index (χ4v) is 1.40. The van der Waals surface area contributed by atoms with Crippen LogP contribution in [-0.4, -0.2) is 17.6 Å². The fraction of sp³-hybridized carbons (Fsp3) is 0.182. The standard InChI is InChI=1S/C11H11NO3.ClH/c1-2-14-11(12)10-9(13)7-5-3-4-6-8(7)15-10;/h3-6,12-13H,2H2,1H3;1H. The molecule has 1 aromatic carbocycles. The van der Waals surface area contributed by atoms with E-state index in [0.29, 0.717) is 17.6 Å². The smallest absolute Gasteiger partial charge is 0.254 e. The Bertz CT molecular complexity index is 507. The predicted octanol–water partition coefficient (Wildman–Crippen LogP) is 2.92. The van der Waals surface area contributed by atoms with Crippen LogP contribution in [0.1, 0.15) is 12.7 Å². The number of nitrogens with one attached hydrogen (secondary N) is 1. The number of benzene rings is 1. The maximum absolute atomic E-state index is 9.77. The minimum absolute atomic E-state index is 0. The molecule has 2 rings (SSSR count). The number of ether oxygens (including phenoxy) is 1. The van der Waals surface area contributed by atoms with Crippen molar-refractivity contribution in [2.24, 2.45) is 0 Å². The van der Waals surface area contributed by atoms with Crippen LogP contribution in [-0.2, 0) is 4.74 Å². The molecule has 4 nitrogen and oxygen atoms in total. The molecule has 0 amide bonds. The van der Waals surface area contributed by atoms with E-state index in [9.17, 15) is 5.11 Å². The number of aromatic hydroxyl groups is 1. The molecular formula is C11H12ClNO3. The van der Waals surface area contributed by atoms with E-state index in [1.165, 1.54) is 0 Å². The molecule has 2 N–H and O–H groups in total. The summed E-state index contributed by atoms with van der Waals surface area (Å²) < 4.78 is 10.3. The van der Waals surface area contributed by atoms with E-state index < -0.39 is 0 Å². The van der Waals surface area contributed by atoms with Gasteiger partial charge in [0.2, 0.25) is 5.76 Å². The summed E-state index contributed by atoms with van der Waals surface area (Å²) in [6.45, 7) is 2.14. The molecule has 0 atom stereocenters. The SMILES string of the molecule is CCOC(=N)c1oc2ccccc2c1O.Cl. The molecule has 0 aliphatic carbocycles. The van der Waals surface area contributed by atoms with Crippen molar-refractivity contribution in [3.05, 3.63) is 30.0 Å². The third-order valence-electron chi connectivity index (χ3n) is 2.06. The summed E-state index contributed by atoms with van der Waals surface area (Å²) in [7, 11) is 0. The van der Waals surface area contributed by atoms with Gasteiger partial charge >= 0.3 is 0 Å². The molecule has 0 saturated carbocycles. The first kappa shape index (κ1) is 12.4. The van der Waals surface area contributed by atoms with Gasteiger partial charge in [0, 0.05) is 0 Å². The van der Waals surface area contributed by atoms with Crippen LogP contribution in [0.4, 0.5) is 0 Å². The van der Waals surface area contributed by atoms with Crippen LogP contribution in [0.25, 0.3) is 11.0 Å². The molecule has 1 aromatic heterocycles. The predicted molar refractivity (Wildman–Crippen MR) is 63.6 cm³/mol. The number of rotatable bonds is 2. The van der Waals surface area contributed by atoms with Crippen LogP contribution < -0.4 is 0 Å². The zero-order chi connectivity index (χ0) is 10.8. The minimum atomic E-state index is -0.147. The van der Waals surface area contributed by atoms with Crippen LogP contribution in [0.5, 0.6) is 5.75 Å². The van der Waals surface area contributed by atoms with Gasteiger partial charge in [-0.05, 0) is 19.1 Å². The summed E-state index contributed by atoms with van der Waals surface area (Å²) >= 11 is 0. The Labute approximate surface area is 98.7 Å². The Morgan fingerprint density at radius 2 is 2.12 bits per heavy atom. The van der Waals surface area contributed by atoms with E-state index in [1.54, 1.807) is 31.2 Å². The quantitative estimate of drug-likeness (QED) is 0.628. The van der Waals surface area contributed by atoms with E-state index in [2.05, 4.69) is 0 Å². The monoisotopic (exact) mass is 241 g/mol. The summed E-state index contributed by atoms with van der Waals surface area (Å²) in [6.07, 6.45) is 0. The molecule has 0 spiro atoms. The first-order valence-corrected chi connectivity index (χ1v) is 4.66. The normalized spacial score (nSPS) is 9.81. The van der Waals surface area contributed by atoms with Crippen molar-refractivity contribution in [3.63, 3.8) is 0 Å². The molecule has 0 fully saturated rings.